The fraction of sp³-hybridized carbons (Fsp3) is 0.481. The molecule has 3 N–H and O–H groups in total. The summed E-state index contributed by atoms with van der Waals surface area (Å²) in [5.74, 6) is -3.01. The van der Waals surface area contributed by atoms with Crippen LogP contribution in [0.15, 0.2) is 36.4 Å². The van der Waals surface area contributed by atoms with Crippen LogP contribution in [-0.4, -0.2) is 85.7 Å². The molecule has 40 heavy (non-hydrogen) atoms. The van der Waals surface area contributed by atoms with Gasteiger partial charge in [0.25, 0.3) is 0 Å². The smallest absolute Gasteiger partial charge is 0.317 e. The molecule has 0 saturated carbocycles. The lowest BCUT2D eigenvalue weighted by Gasteiger charge is -2.15. The summed E-state index contributed by atoms with van der Waals surface area (Å²) in [6.07, 6.45) is -0.983. The molecular weight excluding hydrogens is 528 g/mol. The van der Waals surface area contributed by atoms with Crippen LogP contribution in [0.5, 0.6) is 5.75 Å². The molecule has 1 aromatic carbocycles. The van der Waals surface area contributed by atoms with E-state index in [1.807, 2.05) is 0 Å². The molecule has 0 aliphatic heterocycles. The topological polar surface area (TPSA) is 184 Å². The standard InChI is InChI=1S/C27H36N2O11/c1-18(2)21(30)9-12-37-17-40-25(34)16-23(32)29-11-10-28-22(31)15-24(33)39-14-13-38-20-7-5-19(6-8-20)26(35)27(3,4)36/h5-8,36H,1,9-17H2,2-4H3,(H,28,31)(H,29,32). The van der Waals surface area contributed by atoms with E-state index in [2.05, 4.69) is 17.2 Å². The molecule has 0 atom stereocenters. The van der Waals surface area contributed by atoms with Gasteiger partial charge >= 0.3 is 11.9 Å². The van der Waals surface area contributed by atoms with Crippen LogP contribution in [0, 0.1) is 0 Å². The summed E-state index contributed by atoms with van der Waals surface area (Å²) < 4.78 is 20.1. The number of nitrogens with one attached hydrogen (secondary N) is 2. The van der Waals surface area contributed by atoms with E-state index in [-0.39, 0.29) is 45.1 Å². The van der Waals surface area contributed by atoms with Gasteiger partial charge in [0.1, 0.15) is 37.4 Å². The maximum absolute atomic E-state index is 12.0. The Kier molecular flexibility index (Phi) is 14.8. The molecule has 0 aliphatic rings. The molecule has 220 valence electrons. The third-order valence-corrected chi connectivity index (χ3v) is 4.92. The number of carbonyl (C=O) groups is 6. The highest BCUT2D eigenvalue weighted by Crippen LogP contribution is 2.17. The van der Waals surface area contributed by atoms with E-state index < -0.39 is 54.8 Å². The van der Waals surface area contributed by atoms with Crippen molar-refractivity contribution in [1.29, 1.82) is 0 Å². The van der Waals surface area contributed by atoms with Gasteiger partial charge in [0.2, 0.25) is 11.8 Å². The van der Waals surface area contributed by atoms with Crippen LogP contribution in [0.25, 0.3) is 0 Å². The first-order chi connectivity index (χ1) is 18.8. The van der Waals surface area contributed by atoms with Gasteiger partial charge in [-0.3, -0.25) is 28.8 Å². The minimum absolute atomic E-state index is 0.0143. The molecule has 0 aromatic heterocycles. The number of hydrogen-bond donors (Lipinski definition) is 3. The first kappa shape index (κ1) is 33.9. The minimum atomic E-state index is -1.49. The molecule has 0 saturated heterocycles. The maximum atomic E-state index is 12.0. The Bertz CT molecular complexity index is 1060. The van der Waals surface area contributed by atoms with Gasteiger partial charge in [0.15, 0.2) is 18.4 Å². The van der Waals surface area contributed by atoms with Crippen molar-refractivity contribution < 1.29 is 52.8 Å². The summed E-state index contributed by atoms with van der Waals surface area (Å²) in [5.41, 5.74) is -0.760. The third kappa shape index (κ3) is 14.7. The van der Waals surface area contributed by atoms with Crippen molar-refractivity contribution >= 4 is 35.3 Å². The highest BCUT2D eigenvalue weighted by atomic mass is 16.7. The Hall–Kier alpha value is -4.10. The Labute approximate surface area is 232 Å². The second-order valence-electron chi connectivity index (χ2n) is 9.03. The number of carbonyl (C=O) groups excluding carboxylic acids is 6. The van der Waals surface area contributed by atoms with E-state index in [0.717, 1.165) is 0 Å². The molecule has 0 radical (unpaired) electrons. The van der Waals surface area contributed by atoms with E-state index in [4.69, 9.17) is 18.9 Å². The molecule has 0 fully saturated rings. The number of benzene rings is 1. The van der Waals surface area contributed by atoms with Gasteiger partial charge in [-0.1, -0.05) is 6.58 Å². The van der Waals surface area contributed by atoms with Gasteiger partial charge in [-0.15, -0.1) is 0 Å². The number of allylic oxidation sites excluding steroid dienone is 1. The number of aliphatic hydroxyl groups is 1. The summed E-state index contributed by atoms with van der Waals surface area (Å²) in [5, 5.41) is 14.6. The van der Waals surface area contributed by atoms with Gasteiger partial charge in [-0.2, -0.15) is 0 Å². The van der Waals surface area contributed by atoms with Gasteiger partial charge in [0.05, 0.1) is 6.61 Å². The summed E-state index contributed by atoms with van der Waals surface area (Å²) in [7, 11) is 0. The number of ketones is 2. The highest BCUT2D eigenvalue weighted by molar-refractivity contribution is 6.01. The van der Waals surface area contributed by atoms with Crippen LogP contribution in [0.4, 0.5) is 0 Å². The summed E-state index contributed by atoms with van der Waals surface area (Å²) in [4.78, 5) is 70.3. The molecule has 13 nitrogen and oxygen atoms in total. The lowest BCUT2D eigenvalue weighted by molar-refractivity contribution is -0.158. The minimum Gasteiger partial charge on any atom is -0.490 e. The molecule has 0 aliphatic carbocycles. The van der Waals surface area contributed by atoms with Crippen LogP contribution in [0.1, 0.15) is 50.4 Å². The van der Waals surface area contributed by atoms with E-state index in [0.29, 0.717) is 16.9 Å². The molecule has 0 spiro atoms. The fourth-order valence-corrected chi connectivity index (χ4v) is 2.81. The monoisotopic (exact) mass is 564 g/mol. The molecule has 0 unspecified atom stereocenters. The Morgan fingerprint density at radius 3 is 1.93 bits per heavy atom. The van der Waals surface area contributed by atoms with Crippen molar-refractivity contribution in [2.45, 2.75) is 45.6 Å². The Morgan fingerprint density at radius 1 is 0.850 bits per heavy atom. The van der Waals surface area contributed by atoms with Crippen LogP contribution < -0.4 is 15.4 Å². The third-order valence-electron chi connectivity index (χ3n) is 4.92. The van der Waals surface area contributed by atoms with E-state index in [9.17, 15) is 33.9 Å². The largest absolute Gasteiger partial charge is 0.490 e. The van der Waals surface area contributed by atoms with Crippen molar-refractivity contribution in [1.82, 2.24) is 10.6 Å². The van der Waals surface area contributed by atoms with Gasteiger partial charge < -0.3 is 34.7 Å². The van der Waals surface area contributed by atoms with Crippen LogP contribution in [0.3, 0.4) is 0 Å². The first-order valence-electron chi connectivity index (χ1n) is 12.4. The van der Waals surface area contributed by atoms with E-state index in [1.165, 1.54) is 26.0 Å². The van der Waals surface area contributed by atoms with Gasteiger partial charge in [-0.25, -0.2) is 0 Å². The number of hydrogen-bond acceptors (Lipinski definition) is 11. The zero-order valence-electron chi connectivity index (χ0n) is 22.9. The van der Waals surface area contributed by atoms with Gasteiger partial charge in [-0.05, 0) is 50.6 Å². The number of amides is 2. The van der Waals surface area contributed by atoms with E-state index in [1.54, 1.807) is 19.1 Å². The van der Waals surface area contributed by atoms with Crippen molar-refractivity contribution in [3.05, 3.63) is 42.0 Å². The van der Waals surface area contributed by atoms with Crippen molar-refractivity contribution in [3.8, 4) is 5.75 Å². The summed E-state index contributed by atoms with van der Waals surface area (Å²) in [6, 6.07) is 6.10. The SMILES string of the molecule is C=C(C)C(=O)CCOCOC(=O)CC(=O)NCCNC(=O)CC(=O)OCCOc1ccc(C(=O)C(C)(C)O)cc1. The lowest BCUT2D eigenvalue weighted by Crippen LogP contribution is -2.36. The number of rotatable bonds is 19. The molecule has 0 heterocycles. The Morgan fingerprint density at radius 2 is 1.40 bits per heavy atom. The Balaban J connectivity index is 2.11. The quantitative estimate of drug-likeness (QED) is 0.0535. The second kappa shape index (κ2) is 17.5. The summed E-state index contributed by atoms with van der Waals surface area (Å²) >= 11 is 0. The normalized spacial score (nSPS) is 10.7. The number of ether oxygens (including phenoxy) is 4. The molecule has 13 heteroatoms. The maximum Gasteiger partial charge on any atom is 0.317 e. The van der Waals surface area contributed by atoms with Crippen LogP contribution in [0.2, 0.25) is 0 Å². The van der Waals surface area contributed by atoms with Crippen molar-refractivity contribution in [2.24, 2.45) is 0 Å². The van der Waals surface area contributed by atoms with Gasteiger partial charge in [0, 0.05) is 25.1 Å². The van der Waals surface area contributed by atoms with Crippen LogP contribution >= 0.6 is 0 Å². The first-order valence-corrected chi connectivity index (χ1v) is 12.4. The average Bonchev–Trinajstić information content (AvgIpc) is 2.88. The van der Waals surface area contributed by atoms with Crippen molar-refractivity contribution in [3.63, 3.8) is 0 Å². The number of esters is 2. The zero-order valence-corrected chi connectivity index (χ0v) is 22.9. The van der Waals surface area contributed by atoms with E-state index >= 15 is 0 Å². The lowest BCUT2D eigenvalue weighted by atomic mass is 9.97. The summed E-state index contributed by atoms with van der Waals surface area (Å²) in [6.45, 7) is 7.47. The van der Waals surface area contributed by atoms with Crippen LogP contribution in [-0.2, 0) is 38.2 Å². The average molecular weight is 565 g/mol. The number of Topliss-reactive ketones (excluding diaryl/α,β-unsaturated/α-hetero) is 2. The molecule has 2 amide bonds. The predicted molar refractivity (Wildman–Crippen MR) is 140 cm³/mol. The molecule has 0 bridgehead atoms. The van der Waals surface area contributed by atoms with Crippen molar-refractivity contribution in [2.75, 3.05) is 39.7 Å². The highest BCUT2D eigenvalue weighted by Gasteiger charge is 2.25. The zero-order chi connectivity index (χ0) is 30.1. The molecule has 1 rings (SSSR count). The fourth-order valence-electron chi connectivity index (χ4n) is 2.81. The molecular formula is C27H36N2O11. The second-order valence-corrected chi connectivity index (χ2v) is 9.03. The predicted octanol–water partition coefficient (Wildman–Crippen LogP) is 0.627. The molecule has 1 aromatic rings.